The second kappa shape index (κ2) is 7.44. The predicted molar refractivity (Wildman–Crippen MR) is 104 cm³/mol. The van der Waals surface area contributed by atoms with Gasteiger partial charge in [-0.3, -0.25) is 14.3 Å². The largest absolute Gasteiger partial charge is 0.383 e. The van der Waals surface area contributed by atoms with Crippen LogP contribution >= 0.6 is 0 Å². The van der Waals surface area contributed by atoms with E-state index in [1.165, 1.54) is 0 Å². The summed E-state index contributed by atoms with van der Waals surface area (Å²) in [6.07, 6.45) is 5.36. The van der Waals surface area contributed by atoms with Gasteiger partial charge < -0.3 is 9.64 Å². The Morgan fingerprint density at radius 3 is 2.85 bits per heavy atom. The number of rotatable bonds is 5. The van der Waals surface area contributed by atoms with Gasteiger partial charge in [-0.1, -0.05) is 12.1 Å². The van der Waals surface area contributed by atoms with Crippen molar-refractivity contribution in [2.24, 2.45) is 0 Å². The number of para-hydroxylation sites is 1. The first-order valence-electron chi connectivity index (χ1n) is 9.23. The summed E-state index contributed by atoms with van der Waals surface area (Å²) in [5.41, 5.74) is 1.60. The summed E-state index contributed by atoms with van der Waals surface area (Å²) in [5, 5.41) is 0.637. The Hall–Kier alpha value is -2.80. The zero-order chi connectivity index (χ0) is 18.8. The maximum atomic E-state index is 13.1. The fraction of sp³-hybridized carbons (Fsp3) is 0.400. The van der Waals surface area contributed by atoms with Gasteiger partial charge in [0.25, 0.3) is 5.56 Å². The molecule has 1 unspecified atom stereocenters. The third-order valence-electron chi connectivity index (χ3n) is 5.09. The van der Waals surface area contributed by atoms with Gasteiger partial charge in [0.15, 0.2) is 5.82 Å². The van der Waals surface area contributed by atoms with Gasteiger partial charge in [0.1, 0.15) is 5.82 Å². The Labute approximate surface area is 157 Å². The van der Waals surface area contributed by atoms with Gasteiger partial charge in [-0.2, -0.15) is 0 Å². The number of aryl methyl sites for hydroxylation is 1. The topological polar surface area (TPSA) is 73.1 Å². The Kier molecular flexibility index (Phi) is 4.85. The highest BCUT2D eigenvalue weighted by atomic mass is 16.5. The van der Waals surface area contributed by atoms with E-state index in [-0.39, 0.29) is 11.6 Å². The van der Waals surface area contributed by atoms with E-state index in [1.54, 1.807) is 24.1 Å². The highest BCUT2D eigenvalue weighted by Gasteiger charge is 2.32. The zero-order valence-electron chi connectivity index (χ0n) is 15.6. The normalized spacial score (nSPS) is 17.0. The van der Waals surface area contributed by atoms with E-state index in [9.17, 15) is 4.79 Å². The SMILES string of the molecule is COCCn1c(C2CCCN2c2nccnc2C)nc2ccccc2c1=O. The number of ether oxygens (including phenoxy) is 1. The van der Waals surface area contributed by atoms with E-state index in [0.717, 1.165) is 42.2 Å². The van der Waals surface area contributed by atoms with Crippen molar-refractivity contribution >= 4 is 16.7 Å². The first kappa shape index (κ1) is 17.6. The van der Waals surface area contributed by atoms with Gasteiger partial charge in [0, 0.05) is 26.0 Å². The minimum atomic E-state index is -0.0182. The van der Waals surface area contributed by atoms with Gasteiger partial charge >= 0.3 is 0 Å². The number of benzene rings is 1. The van der Waals surface area contributed by atoms with Crippen LogP contribution in [0.4, 0.5) is 5.82 Å². The summed E-state index contributed by atoms with van der Waals surface area (Å²) in [4.78, 5) is 29.2. The molecule has 1 fully saturated rings. The van der Waals surface area contributed by atoms with Crippen LogP contribution < -0.4 is 10.5 Å². The lowest BCUT2D eigenvalue weighted by Gasteiger charge is -2.28. The number of nitrogens with zero attached hydrogens (tertiary/aromatic N) is 5. The molecule has 0 saturated carbocycles. The number of hydrogen-bond donors (Lipinski definition) is 0. The molecule has 4 rings (SSSR count). The van der Waals surface area contributed by atoms with Crippen molar-refractivity contribution in [1.82, 2.24) is 19.5 Å². The average molecular weight is 365 g/mol. The monoisotopic (exact) mass is 365 g/mol. The van der Waals surface area contributed by atoms with Gasteiger partial charge in [-0.25, -0.2) is 9.97 Å². The standard InChI is InChI=1S/C20H23N5O2/c1-14-18(22-10-9-21-14)24-11-5-8-17(24)19-23-16-7-4-3-6-15(16)20(26)25(19)12-13-27-2/h3-4,6-7,9-10,17H,5,8,11-13H2,1-2H3. The van der Waals surface area contributed by atoms with Crippen molar-refractivity contribution in [3.05, 3.63) is 58.5 Å². The zero-order valence-corrected chi connectivity index (χ0v) is 15.6. The minimum Gasteiger partial charge on any atom is -0.383 e. The number of aromatic nitrogens is 4. The molecule has 7 nitrogen and oxygen atoms in total. The molecule has 1 aliphatic heterocycles. The van der Waals surface area contributed by atoms with Crippen LogP contribution in [0, 0.1) is 6.92 Å². The van der Waals surface area contributed by atoms with E-state index >= 15 is 0 Å². The highest BCUT2D eigenvalue weighted by Crippen LogP contribution is 2.35. The van der Waals surface area contributed by atoms with Crippen LogP contribution in [0.2, 0.25) is 0 Å². The fourth-order valence-corrected chi connectivity index (χ4v) is 3.81. The summed E-state index contributed by atoms with van der Waals surface area (Å²) < 4.78 is 7.00. The molecule has 1 saturated heterocycles. The molecule has 0 bridgehead atoms. The number of fused-ring (bicyclic) bond motifs is 1. The first-order valence-corrected chi connectivity index (χ1v) is 9.23. The second-order valence-electron chi connectivity index (χ2n) is 6.75. The van der Waals surface area contributed by atoms with E-state index in [4.69, 9.17) is 9.72 Å². The molecule has 1 aliphatic rings. The van der Waals surface area contributed by atoms with Crippen molar-refractivity contribution < 1.29 is 4.74 Å². The quantitative estimate of drug-likeness (QED) is 0.692. The minimum absolute atomic E-state index is 0.00503. The molecule has 1 atom stereocenters. The maximum Gasteiger partial charge on any atom is 0.261 e. The third kappa shape index (κ3) is 3.19. The van der Waals surface area contributed by atoms with Crippen LogP contribution in [-0.2, 0) is 11.3 Å². The highest BCUT2D eigenvalue weighted by molar-refractivity contribution is 5.77. The van der Waals surface area contributed by atoms with Crippen molar-refractivity contribution in [3.8, 4) is 0 Å². The van der Waals surface area contributed by atoms with E-state index in [1.807, 2.05) is 31.2 Å². The summed E-state index contributed by atoms with van der Waals surface area (Å²) in [6, 6.07) is 7.51. The molecule has 7 heteroatoms. The molecular formula is C20H23N5O2. The Morgan fingerprint density at radius 2 is 2.04 bits per heavy atom. The Morgan fingerprint density at radius 1 is 1.22 bits per heavy atom. The van der Waals surface area contributed by atoms with Gasteiger partial charge in [0.2, 0.25) is 0 Å². The number of hydrogen-bond acceptors (Lipinski definition) is 6. The molecular weight excluding hydrogens is 342 g/mol. The molecule has 3 heterocycles. The second-order valence-corrected chi connectivity index (χ2v) is 6.75. The Bertz CT molecular complexity index is 1020. The summed E-state index contributed by atoms with van der Waals surface area (Å²) in [7, 11) is 1.64. The molecule has 0 N–H and O–H groups in total. The summed E-state index contributed by atoms with van der Waals surface area (Å²) in [5.74, 6) is 1.64. The van der Waals surface area contributed by atoms with Crippen molar-refractivity contribution in [1.29, 1.82) is 0 Å². The molecule has 1 aromatic carbocycles. The van der Waals surface area contributed by atoms with Gasteiger partial charge in [-0.05, 0) is 31.9 Å². The summed E-state index contributed by atoms with van der Waals surface area (Å²) in [6.45, 7) is 3.77. The van der Waals surface area contributed by atoms with Crippen LogP contribution in [0.15, 0.2) is 41.5 Å². The van der Waals surface area contributed by atoms with Crippen LogP contribution in [0.3, 0.4) is 0 Å². The smallest absolute Gasteiger partial charge is 0.261 e. The fourth-order valence-electron chi connectivity index (χ4n) is 3.81. The maximum absolute atomic E-state index is 13.1. The summed E-state index contributed by atoms with van der Waals surface area (Å²) >= 11 is 0. The lowest BCUT2D eigenvalue weighted by Crippen LogP contribution is -2.33. The third-order valence-corrected chi connectivity index (χ3v) is 5.09. The van der Waals surface area contributed by atoms with Crippen LogP contribution in [0.1, 0.15) is 30.4 Å². The molecule has 140 valence electrons. The molecule has 27 heavy (non-hydrogen) atoms. The average Bonchev–Trinajstić information content (AvgIpc) is 3.17. The van der Waals surface area contributed by atoms with Crippen molar-refractivity contribution in [3.63, 3.8) is 0 Å². The van der Waals surface area contributed by atoms with Gasteiger partial charge in [0.05, 0.1) is 35.8 Å². The van der Waals surface area contributed by atoms with Crippen LogP contribution in [0.25, 0.3) is 10.9 Å². The van der Waals surface area contributed by atoms with Crippen LogP contribution in [-0.4, -0.2) is 39.8 Å². The number of methoxy groups -OCH3 is 1. The molecule has 2 aromatic heterocycles. The Balaban J connectivity index is 1.86. The first-order chi connectivity index (χ1) is 13.2. The molecule has 0 amide bonds. The molecule has 0 spiro atoms. The van der Waals surface area contributed by atoms with Crippen molar-refractivity contribution in [2.75, 3.05) is 25.2 Å². The molecule has 0 radical (unpaired) electrons. The lowest BCUT2D eigenvalue weighted by atomic mass is 10.1. The predicted octanol–water partition coefficient (Wildman–Crippen LogP) is 2.48. The van der Waals surface area contributed by atoms with E-state index in [2.05, 4.69) is 14.9 Å². The van der Waals surface area contributed by atoms with Crippen LogP contribution in [0.5, 0.6) is 0 Å². The van der Waals surface area contributed by atoms with E-state index in [0.29, 0.717) is 18.5 Å². The van der Waals surface area contributed by atoms with E-state index < -0.39 is 0 Å². The van der Waals surface area contributed by atoms with Gasteiger partial charge in [-0.15, -0.1) is 0 Å². The van der Waals surface area contributed by atoms with Crippen molar-refractivity contribution in [2.45, 2.75) is 32.4 Å². The molecule has 0 aliphatic carbocycles. The number of anilines is 1. The lowest BCUT2D eigenvalue weighted by molar-refractivity contribution is 0.184. The molecule has 3 aromatic rings.